The zero-order chi connectivity index (χ0) is 10.2. The molecule has 0 unspecified atom stereocenters. The van der Waals surface area contributed by atoms with Crippen molar-refractivity contribution in [1.82, 2.24) is 0 Å². The van der Waals surface area contributed by atoms with Gasteiger partial charge in [-0.2, -0.15) is 8.42 Å². The fourth-order valence-electron chi connectivity index (χ4n) is 0.485. The van der Waals surface area contributed by atoms with Crippen LogP contribution >= 0.6 is 0 Å². The van der Waals surface area contributed by atoms with Gasteiger partial charge in [0.1, 0.15) is 12.4 Å². The first-order valence-corrected chi connectivity index (χ1v) is 5.03. The lowest BCUT2D eigenvalue weighted by molar-refractivity contribution is 0.00122. The van der Waals surface area contributed by atoms with E-state index in [1.807, 2.05) is 0 Å². The molecule has 0 amide bonds. The fraction of sp³-hybridized carbons (Fsp3) is 0.667. The number of hydrogen-bond donors (Lipinski definition) is 0. The molecule has 0 spiro atoms. The number of rotatable bonds is 8. The molecule has 0 bridgehead atoms. The highest BCUT2D eigenvalue weighted by Crippen LogP contribution is 1.93. The molecule has 0 aliphatic carbocycles. The summed E-state index contributed by atoms with van der Waals surface area (Å²) in [5.41, 5.74) is 0. The second-order valence-corrected chi connectivity index (χ2v) is 3.62. The van der Waals surface area contributed by atoms with Gasteiger partial charge >= 0.3 is 0 Å². The van der Waals surface area contributed by atoms with Crippen LogP contribution in [0.4, 0.5) is 4.53 Å². The van der Waals surface area contributed by atoms with Crippen molar-refractivity contribution in [3.05, 3.63) is 12.8 Å². The van der Waals surface area contributed by atoms with E-state index in [0.29, 0.717) is 0 Å². The van der Waals surface area contributed by atoms with Crippen LogP contribution in [0.5, 0.6) is 0 Å². The molecule has 0 heterocycles. The average Bonchev–Trinajstić information content (AvgIpc) is 2.11. The Hall–Kier alpha value is -0.660. The quantitative estimate of drug-likeness (QED) is 0.432. The Kier molecular flexibility index (Phi) is 6.47. The molecule has 0 fully saturated rings. The molecule has 0 rings (SSSR count). The van der Waals surface area contributed by atoms with Crippen LogP contribution in [0, 0.1) is 0 Å². The maximum Gasteiger partial charge on any atom is 0.300 e. The topological polar surface area (TPSA) is 61.8 Å². The number of halogens is 1. The van der Waals surface area contributed by atoms with Gasteiger partial charge in [-0.15, -0.1) is 0 Å². The second-order valence-electron chi connectivity index (χ2n) is 1.97. The van der Waals surface area contributed by atoms with E-state index < -0.39 is 15.9 Å². The van der Waals surface area contributed by atoms with Gasteiger partial charge in [0, 0.05) is 0 Å². The molecule has 0 aromatic rings. The van der Waals surface area contributed by atoms with Gasteiger partial charge in [-0.1, -0.05) is 11.0 Å². The minimum atomic E-state index is -4.06. The summed E-state index contributed by atoms with van der Waals surface area (Å²) in [5.74, 6) is -0.516. The fourth-order valence-corrected chi connectivity index (χ4v) is 0.870. The zero-order valence-electron chi connectivity index (χ0n) is 6.94. The summed E-state index contributed by atoms with van der Waals surface area (Å²) in [6, 6.07) is 0. The van der Waals surface area contributed by atoms with Gasteiger partial charge in [-0.25, -0.2) is 0 Å². The molecule has 0 radical (unpaired) electrons. The summed E-state index contributed by atoms with van der Waals surface area (Å²) in [6.07, 6.45) is 1.24. The van der Waals surface area contributed by atoms with Crippen molar-refractivity contribution < 1.29 is 26.8 Å². The molecule has 0 aliphatic rings. The van der Waals surface area contributed by atoms with Crippen molar-refractivity contribution in [3.63, 3.8) is 0 Å². The normalized spacial score (nSPS) is 11.2. The highest BCUT2D eigenvalue weighted by molar-refractivity contribution is 7.86. The van der Waals surface area contributed by atoms with Crippen molar-refractivity contribution in [3.8, 4) is 0 Å². The van der Waals surface area contributed by atoms with Crippen molar-refractivity contribution in [1.29, 1.82) is 0 Å². The SMILES string of the molecule is C=COCCOCCS(=O)(=O)OF. The van der Waals surface area contributed by atoms with Gasteiger partial charge in [0.15, 0.2) is 0 Å². The Labute approximate surface area is 76.1 Å². The third-order valence-electron chi connectivity index (χ3n) is 1.04. The van der Waals surface area contributed by atoms with E-state index >= 15 is 0 Å². The first kappa shape index (κ1) is 12.3. The highest BCUT2D eigenvalue weighted by atomic mass is 32.2. The monoisotopic (exact) mass is 214 g/mol. The smallest absolute Gasteiger partial charge is 0.300 e. The molecular formula is C6H11FO5S. The first-order chi connectivity index (χ1) is 6.12. The van der Waals surface area contributed by atoms with Crippen LogP contribution in [0.25, 0.3) is 0 Å². The molecule has 78 valence electrons. The molecular weight excluding hydrogens is 203 g/mol. The Morgan fingerprint density at radius 2 is 2.00 bits per heavy atom. The van der Waals surface area contributed by atoms with E-state index in [0.717, 1.165) is 0 Å². The Morgan fingerprint density at radius 1 is 1.31 bits per heavy atom. The minimum absolute atomic E-state index is 0.132. The lowest BCUT2D eigenvalue weighted by Crippen LogP contribution is -2.13. The van der Waals surface area contributed by atoms with Crippen LogP contribution in [0.1, 0.15) is 0 Å². The van der Waals surface area contributed by atoms with Crippen LogP contribution in [0.2, 0.25) is 0 Å². The summed E-state index contributed by atoms with van der Waals surface area (Å²) >= 11 is 0. The molecule has 0 aliphatic heterocycles. The summed E-state index contributed by atoms with van der Waals surface area (Å²) < 4.78 is 44.1. The maximum absolute atomic E-state index is 11.2. The van der Waals surface area contributed by atoms with Crippen molar-refractivity contribution in [2.24, 2.45) is 0 Å². The molecule has 0 aromatic heterocycles. The van der Waals surface area contributed by atoms with Crippen LogP contribution < -0.4 is 0 Å². The zero-order valence-corrected chi connectivity index (χ0v) is 7.76. The molecule has 13 heavy (non-hydrogen) atoms. The van der Waals surface area contributed by atoms with Gasteiger partial charge in [0.2, 0.25) is 0 Å². The summed E-state index contributed by atoms with van der Waals surface area (Å²) in [5, 5.41) is 0. The molecule has 0 N–H and O–H groups in total. The maximum atomic E-state index is 11.2. The Morgan fingerprint density at radius 3 is 2.54 bits per heavy atom. The molecule has 0 atom stereocenters. The lowest BCUT2D eigenvalue weighted by Gasteiger charge is -2.02. The third kappa shape index (κ3) is 7.69. The second kappa shape index (κ2) is 6.81. The van der Waals surface area contributed by atoms with Crippen molar-refractivity contribution >= 4 is 10.1 Å². The average molecular weight is 214 g/mol. The molecule has 7 heteroatoms. The van der Waals surface area contributed by atoms with E-state index in [1.165, 1.54) is 6.26 Å². The summed E-state index contributed by atoms with van der Waals surface area (Å²) in [6.45, 7) is 3.65. The van der Waals surface area contributed by atoms with Gasteiger partial charge in [0.05, 0.1) is 19.5 Å². The van der Waals surface area contributed by atoms with E-state index in [4.69, 9.17) is 4.74 Å². The first-order valence-electron chi connectivity index (χ1n) is 3.45. The molecule has 0 aromatic carbocycles. The predicted molar refractivity (Wildman–Crippen MR) is 42.9 cm³/mol. The van der Waals surface area contributed by atoms with E-state index in [-0.39, 0.29) is 19.8 Å². The summed E-state index contributed by atoms with van der Waals surface area (Å²) in [7, 11) is -4.06. The van der Waals surface area contributed by atoms with E-state index in [9.17, 15) is 12.9 Å². The van der Waals surface area contributed by atoms with Gasteiger partial charge in [0.25, 0.3) is 10.1 Å². The molecule has 0 saturated heterocycles. The van der Waals surface area contributed by atoms with Gasteiger partial charge < -0.3 is 9.47 Å². The van der Waals surface area contributed by atoms with Gasteiger partial charge in [-0.05, 0) is 4.53 Å². The number of ether oxygens (including phenoxy) is 2. The van der Waals surface area contributed by atoms with Crippen LogP contribution in [-0.2, 0) is 24.0 Å². The van der Waals surface area contributed by atoms with Gasteiger partial charge in [-0.3, -0.25) is 0 Å². The largest absolute Gasteiger partial charge is 0.499 e. The Bertz CT molecular complexity index is 225. The molecule has 5 nitrogen and oxygen atoms in total. The van der Waals surface area contributed by atoms with Crippen LogP contribution in [0.3, 0.4) is 0 Å². The minimum Gasteiger partial charge on any atom is -0.499 e. The Balaban J connectivity index is 3.31. The van der Waals surface area contributed by atoms with Crippen molar-refractivity contribution in [2.75, 3.05) is 25.6 Å². The van der Waals surface area contributed by atoms with E-state index in [1.54, 1.807) is 0 Å². The highest BCUT2D eigenvalue weighted by Gasteiger charge is 2.10. The predicted octanol–water partition coefficient (Wildman–Crippen LogP) is 0.394. The third-order valence-corrected chi connectivity index (χ3v) is 1.90. The lowest BCUT2D eigenvalue weighted by atomic mass is 10.7. The number of hydrogen-bond acceptors (Lipinski definition) is 5. The van der Waals surface area contributed by atoms with E-state index in [2.05, 4.69) is 15.7 Å². The van der Waals surface area contributed by atoms with Crippen molar-refractivity contribution in [2.45, 2.75) is 0 Å². The van der Waals surface area contributed by atoms with Crippen LogP contribution in [-0.4, -0.2) is 34.0 Å². The molecule has 0 saturated carbocycles. The standard InChI is InChI=1S/C6H11FO5S/c1-2-10-3-4-11-5-6-13(8,9)12-7/h2H,1,3-6H2. The summed E-state index contributed by atoms with van der Waals surface area (Å²) in [4.78, 5) is 0. The van der Waals surface area contributed by atoms with Crippen LogP contribution in [0.15, 0.2) is 12.8 Å².